The Morgan fingerprint density at radius 2 is 2.00 bits per heavy atom. The predicted molar refractivity (Wildman–Crippen MR) is 101 cm³/mol. The van der Waals surface area contributed by atoms with Crippen LogP contribution in [0.25, 0.3) is 4.85 Å². The van der Waals surface area contributed by atoms with E-state index in [1.807, 2.05) is 13.0 Å². The molecule has 5 heteroatoms. The van der Waals surface area contributed by atoms with Crippen LogP contribution >= 0.6 is 0 Å². The minimum Gasteiger partial charge on any atom is -0.490 e. The molecule has 0 fully saturated rings. The van der Waals surface area contributed by atoms with E-state index in [0.717, 1.165) is 11.1 Å². The van der Waals surface area contributed by atoms with E-state index in [0.29, 0.717) is 17.1 Å². The number of aliphatic hydroxyl groups is 1. The van der Waals surface area contributed by atoms with Gasteiger partial charge in [-0.2, -0.15) is 0 Å². The highest BCUT2D eigenvalue weighted by atomic mass is 16.5. The molecule has 1 amide bonds. The van der Waals surface area contributed by atoms with E-state index in [2.05, 4.69) is 22.0 Å². The fourth-order valence-corrected chi connectivity index (χ4v) is 2.14. The first-order valence-corrected chi connectivity index (χ1v) is 8.03. The molecule has 0 bridgehead atoms. The standard InChI is InChI=1S/C21H20N2O3/c1-5-6-16-13-18(8-7-15(16)2)23-20(24)21(3,25)14-26-19-11-9-17(22-4)10-12-19/h7-13,25H,14H2,1-3H3,(H,23,24)/t21-/m0/s1. The van der Waals surface area contributed by atoms with Crippen LogP contribution in [0.1, 0.15) is 25.0 Å². The van der Waals surface area contributed by atoms with Gasteiger partial charge in [-0.25, -0.2) is 4.85 Å². The second-order valence-electron chi connectivity index (χ2n) is 6.03. The van der Waals surface area contributed by atoms with Gasteiger partial charge in [-0.15, -0.1) is 5.92 Å². The van der Waals surface area contributed by atoms with Gasteiger partial charge in [0, 0.05) is 11.3 Å². The molecule has 0 heterocycles. The van der Waals surface area contributed by atoms with E-state index in [4.69, 9.17) is 11.3 Å². The highest BCUT2D eigenvalue weighted by Crippen LogP contribution is 2.20. The predicted octanol–water partition coefficient (Wildman–Crippen LogP) is 3.69. The van der Waals surface area contributed by atoms with Crippen LogP contribution in [0.4, 0.5) is 11.4 Å². The zero-order chi connectivity index (χ0) is 19.2. The van der Waals surface area contributed by atoms with Crippen molar-refractivity contribution in [3.05, 3.63) is 65.0 Å². The summed E-state index contributed by atoms with van der Waals surface area (Å²) in [5.41, 5.74) is 1.16. The zero-order valence-corrected chi connectivity index (χ0v) is 15.0. The van der Waals surface area contributed by atoms with E-state index >= 15 is 0 Å². The van der Waals surface area contributed by atoms with Crippen LogP contribution in [0.5, 0.6) is 5.75 Å². The Morgan fingerprint density at radius 1 is 1.31 bits per heavy atom. The van der Waals surface area contributed by atoms with Crippen LogP contribution in [-0.2, 0) is 4.79 Å². The van der Waals surface area contributed by atoms with Gasteiger partial charge in [-0.1, -0.05) is 24.1 Å². The number of rotatable bonds is 5. The molecule has 2 N–H and O–H groups in total. The molecule has 0 aliphatic heterocycles. The molecule has 1 atom stereocenters. The number of nitrogens with zero attached hydrogens (tertiary/aromatic N) is 1. The van der Waals surface area contributed by atoms with Crippen molar-refractivity contribution >= 4 is 17.3 Å². The number of aryl methyl sites for hydroxylation is 1. The number of anilines is 1. The Labute approximate surface area is 153 Å². The first-order valence-electron chi connectivity index (χ1n) is 8.03. The van der Waals surface area contributed by atoms with Crippen molar-refractivity contribution in [3.8, 4) is 17.6 Å². The number of carbonyl (C=O) groups is 1. The molecule has 2 aromatic rings. The monoisotopic (exact) mass is 348 g/mol. The van der Waals surface area contributed by atoms with Crippen LogP contribution in [0.15, 0.2) is 42.5 Å². The summed E-state index contributed by atoms with van der Waals surface area (Å²) in [5, 5.41) is 13.1. The third-order valence-electron chi connectivity index (χ3n) is 3.73. The lowest BCUT2D eigenvalue weighted by molar-refractivity contribution is -0.135. The van der Waals surface area contributed by atoms with Crippen molar-refractivity contribution in [1.29, 1.82) is 0 Å². The van der Waals surface area contributed by atoms with Crippen LogP contribution < -0.4 is 10.1 Å². The number of hydrogen-bond acceptors (Lipinski definition) is 3. The minimum absolute atomic E-state index is 0.219. The van der Waals surface area contributed by atoms with Gasteiger partial charge in [0.2, 0.25) is 0 Å². The van der Waals surface area contributed by atoms with Crippen LogP contribution in [0.2, 0.25) is 0 Å². The summed E-state index contributed by atoms with van der Waals surface area (Å²) < 4.78 is 5.47. The summed E-state index contributed by atoms with van der Waals surface area (Å²) in [6.45, 7) is 11.8. The number of benzene rings is 2. The topological polar surface area (TPSA) is 62.9 Å². The molecular formula is C21H20N2O3. The lowest BCUT2D eigenvalue weighted by Gasteiger charge is -2.22. The lowest BCUT2D eigenvalue weighted by atomic mass is 10.1. The first-order chi connectivity index (χ1) is 12.4. The smallest absolute Gasteiger partial charge is 0.259 e. The number of ether oxygens (including phenoxy) is 1. The summed E-state index contributed by atoms with van der Waals surface area (Å²) in [6.07, 6.45) is 0. The maximum atomic E-state index is 12.4. The molecule has 0 spiro atoms. The molecule has 0 aromatic heterocycles. The summed E-state index contributed by atoms with van der Waals surface area (Å²) >= 11 is 0. The van der Waals surface area contributed by atoms with Gasteiger partial charge in [-0.3, -0.25) is 4.79 Å². The molecule has 5 nitrogen and oxygen atoms in total. The Balaban J connectivity index is 2.03. The fraction of sp³-hybridized carbons (Fsp3) is 0.238. The molecule has 0 saturated carbocycles. The largest absolute Gasteiger partial charge is 0.490 e. The fourth-order valence-electron chi connectivity index (χ4n) is 2.14. The Hall–Kier alpha value is -3.28. The molecular weight excluding hydrogens is 328 g/mol. The van der Waals surface area contributed by atoms with Crippen molar-refractivity contribution in [2.45, 2.75) is 26.4 Å². The number of nitrogens with one attached hydrogen (secondary N) is 1. The average Bonchev–Trinajstić information content (AvgIpc) is 2.63. The van der Waals surface area contributed by atoms with Gasteiger partial charge in [0.1, 0.15) is 12.4 Å². The minimum atomic E-state index is -1.72. The summed E-state index contributed by atoms with van der Waals surface area (Å²) in [6, 6.07) is 11.9. The molecule has 0 radical (unpaired) electrons. The summed E-state index contributed by atoms with van der Waals surface area (Å²) in [5.74, 6) is 5.71. The Kier molecular flexibility index (Phi) is 6.01. The number of hydrogen-bond donors (Lipinski definition) is 2. The SMILES string of the molecule is [C-]#[N+]c1ccc(OC[C@](C)(O)C(=O)Nc2ccc(C)c(C#CC)c2)cc1. The molecule has 0 aliphatic carbocycles. The number of carbonyl (C=O) groups excluding carboxylic acids is 1. The zero-order valence-electron chi connectivity index (χ0n) is 15.0. The van der Waals surface area contributed by atoms with Crippen molar-refractivity contribution in [2.75, 3.05) is 11.9 Å². The first kappa shape index (κ1) is 19.1. The highest BCUT2D eigenvalue weighted by Gasteiger charge is 2.31. The summed E-state index contributed by atoms with van der Waals surface area (Å²) in [4.78, 5) is 15.7. The third-order valence-corrected chi connectivity index (χ3v) is 3.73. The van der Waals surface area contributed by atoms with Gasteiger partial charge in [0.25, 0.3) is 5.91 Å². The Bertz CT molecular complexity index is 898. The highest BCUT2D eigenvalue weighted by molar-refractivity contribution is 5.97. The van der Waals surface area contributed by atoms with Crippen molar-refractivity contribution in [3.63, 3.8) is 0 Å². The van der Waals surface area contributed by atoms with E-state index in [1.165, 1.54) is 6.92 Å². The maximum absolute atomic E-state index is 12.4. The molecule has 2 aromatic carbocycles. The Morgan fingerprint density at radius 3 is 2.62 bits per heavy atom. The average molecular weight is 348 g/mol. The molecule has 2 rings (SSSR count). The second kappa shape index (κ2) is 8.20. The van der Waals surface area contributed by atoms with Gasteiger partial charge in [0.05, 0.1) is 6.57 Å². The molecule has 26 heavy (non-hydrogen) atoms. The lowest BCUT2D eigenvalue weighted by Crippen LogP contribution is -2.45. The van der Waals surface area contributed by atoms with Crippen LogP contribution in [-0.4, -0.2) is 23.2 Å². The van der Waals surface area contributed by atoms with Gasteiger partial charge in [-0.05, 0) is 50.6 Å². The van der Waals surface area contributed by atoms with Crippen LogP contribution in [0.3, 0.4) is 0 Å². The molecule has 0 saturated heterocycles. The van der Waals surface area contributed by atoms with E-state index in [-0.39, 0.29) is 6.61 Å². The van der Waals surface area contributed by atoms with E-state index in [9.17, 15) is 9.90 Å². The maximum Gasteiger partial charge on any atom is 0.259 e. The quantitative estimate of drug-likeness (QED) is 0.640. The normalized spacial score (nSPS) is 12.1. The number of amides is 1. The summed E-state index contributed by atoms with van der Waals surface area (Å²) in [7, 11) is 0. The van der Waals surface area contributed by atoms with E-state index in [1.54, 1.807) is 43.3 Å². The van der Waals surface area contributed by atoms with Gasteiger partial charge in [0.15, 0.2) is 11.3 Å². The second-order valence-corrected chi connectivity index (χ2v) is 6.03. The third kappa shape index (κ3) is 4.86. The molecule has 0 unspecified atom stereocenters. The van der Waals surface area contributed by atoms with E-state index < -0.39 is 11.5 Å². The molecule has 132 valence electrons. The van der Waals surface area contributed by atoms with Crippen molar-refractivity contribution < 1.29 is 14.6 Å². The molecule has 0 aliphatic rings. The van der Waals surface area contributed by atoms with Crippen molar-refractivity contribution in [2.24, 2.45) is 0 Å². The van der Waals surface area contributed by atoms with Gasteiger partial charge >= 0.3 is 0 Å². The van der Waals surface area contributed by atoms with Crippen molar-refractivity contribution in [1.82, 2.24) is 0 Å². The van der Waals surface area contributed by atoms with Crippen LogP contribution in [0, 0.1) is 25.3 Å². The van der Waals surface area contributed by atoms with Gasteiger partial charge < -0.3 is 15.2 Å².